The number of amides is 2. The van der Waals surface area contributed by atoms with Gasteiger partial charge in [-0.3, -0.25) is 9.59 Å². The first kappa shape index (κ1) is 20.5. The molecule has 0 saturated carbocycles. The fourth-order valence-corrected chi connectivity index (χ4v) is 4.46. The number of aromatic nitrogens is 1. The summed E-state index contributed by atoms with van der Waals surface area (Å²) < 4.78 is 5.07. The number of ether oxygens (including phenoxy) is 1. The maximum Gasteiger partial charge on any atom is 0.272 e. The molecule has 2 aliphatic rings. The summed E-state index contributed by atoms with van der Waals surface area (Å²) in [5, 5.41) is 3.09. The topological polar surface area (TPSA) is 101 Å². The quantitative estimate of drug-likeness (QED) is 0.696. The van der Waals surface area contributed by atoms with E-state index in [2.05, 4.69) is 15.2 Å². The molecule has 3 heterocycles. The summed E-state index contributed by atoms with van der Waals surface area (Å²) in [6, 6.07) is 4.92. The molecule has 8 nitrogen and oxygen atoms in total. The number of nitrogens with one attached hydrogen (secondary N) is 1. The molecule has 2 fully saturated rings. The van der Waals surface area contributed by atoms with E-state index in [1.54, 1.807) is 25.3 Å². The second kappa shape index (κ2) is 8.87. The fraction of sp³-hybridized carbons (Fsp3) is 0.650. The minimum absolute atomic E-state index is 0.0553. The zero-order chi connectivity index (χ0) is 20.1. The van der Waals surface area contributed by atoms with Crippen molar-refractivity contribution in [3.8, 4) is 0 Å². The minimum atomic E-state index is -0.548. The van der Waals surface area contributed by atoms with Crippen LogP contribution in [-0.4, -0.2) is 79.6 Å². The van der Waals surface area contributed by atoms with Crippen LogP contribution in [0.25, 0.3) is 0 Å². The lowest BCUT2D eigenvalue weighted by molar-refractivity contribution is -0.142. The van der Waals surface area contributed by atoms with Crippen LogP contribution in [0.4, 0.5) is 5.82 Å². The Balaban J connectivity index is 1.83. The predicted octanol–water partition coefficient (Wildman–Crippen LogP) is 0.743. The number of nitrogens with zero attached hydrogens (tertiary/aromatic N) is 3. The molecule has 8 heteroatoms. The first-order valence-corrected chi connectivity index (χ1v) is 9.97. The zero-order valence-electron chi connectivity index (χ0n) is 16.8. The second-order valence-corrected chi connectivity index (χ2v) is 7.84. The summed E-state index contributed by atoms with van der Waals surface area (Å²) in [6.45, 7) is 3.36. The predicted molar refractivity (Wildman–Crippen MR) is 107 cm³/mol. The van der Waals surface area contributed by atoms with Gasteiger partial charge in [0.15, 0.2) is 0 Å². The van der Waals surface area contributed by atoms with Crippen LogP contribution in [0.1, 0.15) is 36.2 Å². The van der Waals surface area contributed by atoms with Gasteiger partial charge in [0.1, 0.15) is 11.5 Å². The van der Waals surface area contributed by atoms with Gasteiger partial charge in [0.25, 0.3) is 5.91 Å². The molecule has 1 aromatic heterocycles. The van der Waals surface area contributed by atoms with Crippen LogP contribution >= 0.6 is 0 Å². The van der Waals surface area contributed by atoms with Gasteiger partial charge < -0.3 is 25.6 Å². The Hall–Kier alpha value is -2.19. The number of nitrogen functional groups attached to an aromatic ring is 1. The third-order valence-corrected chi connectivity index (χ3v) is 5.97. The smallest absolute Gasteiger partial charge is 0.272 e. The monoisotopic (exact) mass is 389 g/mol. The number of fused-ring (bicyclic) bond motifs is 1. The van der Waals surface area contributed by atoms with Crippen LogP contribution in [0, 0.1) is 5.41 Å². The number of rotatable bonds is 6. The Kier molecular flexibility index (Phi) is 6.51. The third kappa shape index (κ3) is 4.12. The molecule has 3 N–H and O–H groups in total. The number of hydrogen-bond donors (Lipinski definition) is 2. The lowest BCUT2D eigenvalue weighted by Crippen LogP contribution is -2.66. The van der Waals surface area contributed by atoms with Crippen LogP contribution in [0.5, 0.6) is 0 Å². The summed E-state index contributed by atoms with van der Waals surface area (Å²) >= 11 is 0. The van der Waals surface area contributed by atoms with Crippen LogP contribution in [0.2, 0.25) is 0 Å². The number of piperidine rings is 2. The highest BCUT2D eigenvalue weighted by Gasteiger charge is 2.53. The molecule has 2 amide bonds. The molecular formula is C20H31N5O3. The summed E-state index contributed by atoms with van der Waals surface area (Å²) in [4.78, 5) is 34.7. The van der Waals surface area contributed by atoms with Crippen molar-refractivity contribution in [2.24, 2.45) is 5.41 Å². The number of anilines is 1. The van der Waals surface area contributed by atoms with Gasteiger partial charge in [-0.15, -0.1) is 0 Å². The molecule has 2 aliphatic heterocycles. The zero-order valence-corrected chi connectivity index (χ0v) is 16.8. The van der Waals surface area contributed by atoms with Crippen molar-refractivity contribution in [3.05, 3.63) is 23.9 Å². The average Bonchev–Trinajstić information content (AvgIpc) is 2.70. The molecule has 0 radical (unpaired) electrons. The molecule has 2 saturated heterocycles. The average molecular weight is 390 g/mol. The van der Waals surface area contributed by atoms with E-state index >= 15 is 0 Å². The van der Waals surface area contributed by atoms with Crippen molar-refractivity contribution in [2.75, 3.05) is 52.7 Å². The third-order valence-electron chi connectivity index (χ3n) is 5.97. The molecule has 3 rings (SSSR count). The lowest BCUT2D eigenvalue weighted by Gasteiger charge is -2.53. The summed E-state index contributed by atoms with van der Waals surface area (Å²) in [5.41, 5.74) is 5.56. The summed E-state index contributed by atoms with van der Waals surface area (Å²) in [5.74, 6) is 0.231. The van der Waals surface area contributed by atoms with Crippen molar-refractivity contribution < 1.29 is 14.3 Å². The number of hydrogen-bond acceptors (Lipinski definition) is 6. The Morgan fingerprint density at radius 1 is 1.36 bits per heavy atom. The van der Waals surface area contributed by atoms with Crippen molar-refractivity contribution in [3.63, 3.8) is 0 Å². The standard InChI is InChI=1S/C20H31N5O3/c1-24-12-9-20(19(27)22-10-5-13-28-2)8-4-11-25(16(20)14-24)18(26)15-6-3-7-17(21)23-15/h3,6-7,16H,4-5,8-14H2,1-2H3,(H2,21,23)(H,22,27)/t16-,20+/m0/s1. The van der Waals surface area contributed by atoms with Gasteiger partial charge in [-0.25, -0.2) is 4.98 Å². The van der Waals surface area contributed by atoms with Gasteiger partial charge in [-0.1, -0.05) is 6.07 Å². The van der Waals surface area contributed by atoms with Crippen molar-refractivity contribution in [1.29, 1.82) is 0 Å². The Bertz CT molecular complexity index is 713. The second-order valence-electron chi connectivity index (χ2n) is 7.84. The number of carbonyl (C=O) groups is 2. The van der Waals surface area contributed by atoms with E-state index < -0.39 is 5.41 Å². The minimum Gasteiger partial charge on any atom is -0.385 e. The highest BCUT2D eigenvalue weighted by atomic mass is 16.5. The number of methoxy groups -OCH3 is 1. The summed E-state index contributed by atoms with van der Waals surface area (Å²) in [6.07, 6.45) is 3.13. The molecule has 0 aromatic carbocycles. The molecule has 0 spiro atoms. The molecule has 154 valence electrons. The largest absolute Gasteiger partial charge is 0.385 e. The van der Waals surface area contributed by atoms with E-state index in [1.165, 1.54) is 0 Å². The van der Waals surface area contributed by atoms with Gasteiger partial charge in [0.2, 0.25) is 5.91 Å². The number of likely N-dealkylation sites (tertiary alicyclic amines) is 2. The van der Waals surface area contributed by atoms with E-state index in [1.807, 2.05) is 11.9 Å². The van der Waals surface area contributed by atoms with E-state index in [0.717, 1.165) is 32.2 Å². The Labute approximate surface area is 166 Å². The van der Waals surface area contributed by atoms with Gasteiger partial charge in [0, 0.05) is 33.4 Å². The highest BCUT2D eigenvalue weighted by Crippen LogP contribution is 2.43. The van der Waals surface area contributed by atoms with Crippen molar-refractivity contribution in [1.82, 2.24) is 20.1 Å². The van der Waals surface area contributed by atoms with Crippen LogP contribution in [0.3, 0.4) is 0 Å². The van der Waals surface area contributed by atoms with E-state index in [9.17, 15) is 9.59 Å². The molecule has 0 aliphatic carbocycles. The molecular weight excluding hydrogens is 358 g/mol. The molecule has 1 aromatic rings. The SMILES string of the molecule is COCCCNC(=O)[C@@]12CCCN(C(=O)c3cccc(N)n3)[C@H]1CN(C)CC2. The van der Waals surface area contributed by atoms with Crippen molar-refractivity contribution in [2.45, 2.75) is 31.7 Å². The first-order valence-electron chi connectivity index (χ1n) is 9.97. The Morgan fingerprint density at radius 2 is 2.18 bits per heavy atom. The number of nitrogens with two attached hydrogens (primary N) is 1. The number of likely N-dealkylation sites (N-methyl/N-ethyl adjacent to an activating group) is 1. The molecule has 28 heavy (non-hydrogen) atoms. The Morgan fingerprint density at radius 3 is 2.93 bits per heavy atom. The molecule has 0 unspecified atom stereocenters. The number of carbonyl (C=O) groups excluding carboxylic acids is 2. The normalized spacial score (nSPS) is 25.2. The highest BCUT2D eigenvalue weighted by molar-refractivity contribution is 5.94. The van der Waals surface area contributed by atoms with E-state index in [0.29, 0.717) is 37.8 Å². The maximum atomic E-state index is 13.2. The maximum absolute atomic E-state index is 13.2. The fourth-order valence-electron chi connectivity index (χ4n) is 4.46. The van der Waals surface area contributed by atoms with Crippen LogP contribution < -0.4 is 11.1 Å². The van der Waals surface area contributed by atoms with Gasteiger partial charge >= 0.3 is 0 Å². The van der Waals surface area contributed by atoms with Gasteiger partial charge in [-0.05, 0) is 51.4 Å². The van der Waals surface area contributed by atoms with E-state index in [4.69, 9.17) is 10.5 Å². The van der Waals surface area contributed by atoms with Crippen LogP contribution in [-0.2, 0) is 9.53 Å². The first-order chi connectivity index (χ1) is 13.5. The molecule has 0 bridgehead atoms. The number of pyridine rings is 1. The van der Waals surface area contributed by atoms with Gasteiger partial charge in [0.05, 0.1) is 11.5 Å². The van der Waals surface area contributed by atoms with Gasteiger partial charge in [-0.2, -0.15) is 0 Å². The molecule has 2 atom stereocenters. The van der Waals surface area contributed by atoms with Crippen molar-refractivity contribution >= 4 is 17.6 Å². The van der Waals surface area contributed by atoms with Crippen LogP contribution in [0.15, 0.2) is 18.2 Å². The van der Waals surface area contributed by atoms with E-state index in [-0.39, 0.29) is 17.9 Å². The lowest BCUT2D eigenvalue weighted by atomic mass is 9.67. The summed E-state index contributed by atoms with van der Waals surface area (Å²) in [7, 11) is 3.69.